The molecule has 8 N–H and O–H groups in total. The molecule has 25 atom stereocenters. The zero-order valence-corrected chi connectivity index (χ0v) is 38.5. The quantitative estimate of drug-likeness (QED) is 0.113. The number of carboxylic acid groups (broad SMARTS) is 1. The molecular formula is C47H72O19. The first-order chi connectivity index (χ1) is 31.2. The number of fused-ring (bicyclic) bond motifs is 5. The Morgan fingerprint density at radius 3 is 1.77 bits per heavy atom. The van der Waals surface area contributed by atoms with Gasteiger partial charge in [0.15, 0.2) is 31.3 Å². The van der Waals surface area contributed by atoms with Crippen LogP contribution in [0.2, 0.25) is 0 Å². The summed E-state index contributed by atoms with van der Waals surface area (Å²) in [5, 5.41) is 86.2. The van der Waals surface area contributed by atoms with Crippen molar-refractivity contribution in [2.24, 2.45) is 34.5 Å². The van der Waals surface area contributed by atoms with Crippen LogP contribution >= 0.6 is 0 Å². The number of carbonyl (C=O) groups excluding carboxylic acids is 1. The molecule has 9 rings (SSSR count). The summed E-state index contributed by atoms with van der Waals surface area (Å²) < 4.78 is 53.6. The average molecular weight is 941 g/mol. The Morgan fingerprint density at radius 2 is 1.23 bits per heavy atom. The van der Waals surface area contributed by atoms with Crippen molar-refractivity contribution in [1.29, 1.82) is 0 Å². The fourth-order valence-corrected chi connectivity index (χ4v) is 14.3. The van der Waals surface area contributed by atoms with Crippen LogP contribution in [0.15, 0.2) is 11.6 Å². The van der Waals surface area contributed by atoms with Gasteiger partial charge in [0, 0.05) is 30.8 Å². The maximum Gasteiger partial charge on any atom is 0.335 e. The molecule has 9 aliphatic rings. The number of cyclic esters (lactones) is 1. The molecule has 0 bridgehead atoms. The van der Waals surface area contributed by atoms with E-state index in [1.165, 1.54) is 0 Å². The predicted octanol–water partition coefficient (Wildman–Crippen LogP) is 1.16. The highest BCUT2D eigenvalue weighted by Crippen LogP contribution is 2.70. The Balaban J connectivity index is 0.730. The molecule has 0 aromatic carbocycles. The van der Waals surface area contributed by atoms with Crippen molar-refractivity contribution in [2.75, 3.05) is 6.61 Å². The molecule has 19 heteroatoms. The Hall–Kier alpha value is -1.92. The Kier molecular flexibility index (Phi) is 13.9. The molecule has 4 saturated carbocycles. The van der Waals surface area contributed by atoms with Crippen LogP contribution in [-0.4, -0.2) is 176 Å². The number of aliphatic carboxylic acids is 1. The molecule has 0 amide bonds. The van der Waals surface area contributed by atoms with Crippen LogP contribution in [0.1, 0.15) is 112 Å². The molecule has 19 nitrogen and oxygen atoms in total. The topological polar surface area (TPSA) is 279 Å². The summed E-state index contributed by atoms with van der Waals surface area (Å²) in [5.74, 6) is -0.595. The van der Waals surface area contributed by atoms with Gasteiger partial charge >= 0.3 is 11.9 Å². The summed E-state index contributed by atoms with van der Waals surface area (Å²) in [4.78, 5) is 23.5. The molecule has 5 aliphatic heterocycles. The van der Waals surface area contributed by atoms with E-state index in [9.17, 15) is 50.4 Å². The van der Waals surface area contributed by atoms with Crippen LogP contribution in [0.25, 0.3) is 0 Å². The van der Waals surface area contributed by atoms with Crippen LogP contribution in [0.3, 0.4) is 0 Å². The maximum atomic E-state index is 12.6. The molecule has 374 valence electrons. The zero-order chi connectivity index (χ0) is 47.2. The van der Waals surface area contributed by atoms with Gasteiger partial charge in [-0.3, -0.25) is 0 Å². The average Bonchev–Trinajstić information content (AvgIpc) is 3.80. The summed E-state index contributed by atoms with van der Waals surface area (Å²) >= 11 is 0. The lowest BCUT2D eigenvalue weighted by Crippen LogP contribution is -2.62. The number of aliphatic hydroxyl groups is 7. The molecule has 1 unspecified atom stereocenters. The fraction of sp³-hybridized carbons (Fsp3) is 0.915. The molecular weight excluding hydrogens is 868 g/mol. The standard InChI is InChI=1S/C47H72O19/c1-20-39(63-34-17-30(49)40(21(2)60-34)64-35-18-31(50)41(22(3)61-35)65-44-38(54)36(52)37(53)42(66-44)43(55)56)29(48)16-33(59-20)62-25-8-11-45(4)24(15-25)6-7-28-27(45)9-12-46(5)26(10-13-47(28,46)57)23-14-32(51)58-19-23/h14,20-22,24-31,33-42,44,48-50,52-54,57H,6-13,15-19H2,1-5H3,(H,55,56)/t20-,21-,22-,24-,25+,26-,27+,28-,29+,30+,31+,33+,34+,35+,36+,37+,38-,39?,40-,41-,42+,44-,45+,46-,47+/m1/s1. The van der Waals surface area contributed by atoms with Gasteiger partial charge in [0.1, 0.15) is 43.2 Å². The summed E-state index contributed by atoms with van der Waals surface area (Å²) in [6.45, 7) is 10.1. The third-order valence-corrected chi connectivity index (χ3v) is 17.9. The van der Waals surface area contributed by atoms with Crippen molar-refractivity contribution < 1.29 is 93.1 Å². The third kappa shape index (κ3) is 8.71. The second-order valence-corrected chi connectivity index (χ2v) is 21.6. The Bertz CT molecular complexity index is 1770. The smallest absolute Gasteiger partial charge is 0.335 e. The van der Waals surface area contributed by atoms with E-state index in [0.29, 0.717) is 18.4 Å². The minimum Gasteiger partial charge on any atom is -0.479 e. The molecule has 0 aromatic heterocycles. The SMILES string of the molecule is C[C@H]1O[C@@H](O[C@H]2CC[C@@]3(C)[C@H](CC[C@@H]4[C@@H]3CC[C@]3(C)[C@@H](C5=CC(=O)OC5)CC[C@]43O)C2)C[C@H](O)C1O[C@H]1C[C@H](O)[C@H](O[C@H]2C[C@H](O)[C@H](O[C@@H]3O[C@H](C(=O)O)[C@@H](O)[C@H](O)[C@H]3O)[C@@H](C)O2)[C@@H](C)O1. The number of ether oxygens (including phenoxy) is 9. The zero-order valence-electron chi connectivity index (χ0n) is 38.5. The van der Waals surface area contributed by atoms with Crippen LogP contribution in [0.5, 0.6) is 0 Å². The number of hydrogen-bond acceptors (Lipinski definition) is 18. The van der Waals surface area contributed by atoms with Crippen LogP contribution in [0, 0.1) is 34.5 Å². The number of rotatable bonds is 10. The van der Waals surface area contributed by atoms with E-state index in [1.807, 2.05) is 6.92 Å². The van der Waals surface area contributed by atoms with Crippen molar-refractivity contribution >= 4 is 11.9 Å². The van der Waals surface area contributed by atoms with Gasteiger partial charge in [-0.2, -0.15) is 0 Å². The van der Waals surface area contributed by atoms with Gasteiger partial charge in [0.05, 0.1) is 48.3 Å². The van der Waals surface area contributed by atoms with Crippen LogP contribution in [-0.2, 0) is 52.2 Å². The van der Waals surface area contributed by atoms with E-state index in [4.69, 9.17) is 42.6 Å². The lowest BCUT2D eigenvalue weighted by atomic mass is 9.43. The minimum atomic E-state index is -1.90. The fourth-order valence-electron chi connectivity index (χ4n) is 14.3. The monoisotopic (exact) mass is 940 g/mol. The van der Waals surface area contributed by atoms with Gasteiger partial charge in [-0.25, -0.2) is 9.59 Å². The van der Waals surface area contributed by atoms with E-state index in [0.717, 1.165) is 63.4 Å². The van der Waals surface area contributed by atoms with Gasteiger partial charge in [0.25, 0.3) is 0 Å². The molecule has 0 radical (unpaired) electrons. The third-order valence-electron chi connectivity index (χ3n) is 17.9. The molecule has 5 heterocycles. The molecule has 4 saturated heterocycles. The second-order valence-electron chi connectivity index (χ2n) is 21.6. The van der Waals surface area contributed by atoms with Gasteiger partial charge in [-0.15, -0.1) is 0 Å². The highest BCUT2D eigenvalue weighted by Gasteiger charge is 2.68. The Labute approximate surface area is 384 Å². The number of aliphatic hydroxyl groups excluding tert-OH is 6. The highest BCUT2D eigenvalue weighted by molar-refractivity contribution is 5.85. The molecule has 0 spiro atoms. The van der Waals surface area contributed by atoms with Gasteiger partial charge in [-0.1, -0.05) is 13.8 Å². The minimum absolute atomic E-state index is 0.00657. The summed E-state index contributed by atoms with van der Waals surface area (Å²) in [6.07, 6.45) is -9.80. The van der Waals surface area contributed by atoms with Gasteiger partial charge in [-0.05, 0) is 113 Å². The lowest BCUT2D eigenvalue weighted by molar-refractivity contribution is -0.352. The van der Waals surface area contributed by atoms with Crippen LogP contribution < -0.4 is 0 Å². The maximum absolute atomic E-state index is 12.6. The van der Waals surface area contributed by atoms with Crippen molar-refractivity contribution in [2.45, 2.75) is 228 Å². The van der Waals surface area contributed by atoms with E-state index >= 15 is 0 Å². The molecule has 4 aliphatic carbocycles. The van der Waals surface area contributed by atoms with Crippen molar-refractivity contribution in [3.8, 4) is 0 Å². The lowest BCUT2D eigenvalue weighted by Gasteiger charge is -2.64. The van der Waals surface area contributed by atoms with Crippen molar-refractivity contribution in [3.05, 3.63) is 11.6 Å². The summed E-state index contributed by atoms with van der Waals surface area (Å²) in [6, 6.07) is 0. The summed E-state index contributed by atoms with van der Waals surface area (Å²) in [5.41, 5.74) is 0.0886. The van der Waals surface area contributed by atoms with Gasteiger partial charge < -0.3 is 83.5 Å². The van der Waals surface area contributed by atoms with E-state index in [1.54, 1.807) is 19.9 Å². The van der Waals surface area contributed by atoms with E-state index < -0.39 is 116 Å². The van der Waals surface area contributed by atoms with Crippen molar-refractivity contribution in [1.82, 2.24) is 0 Å². The Morgan fingerprint density at radius 1 is 0.652 bits per heavy atom. The second kappa shape index (κ2) is 18.7. The van der Waals surface area contributed by atoms with E-state index in [2.05, 4.69) is 13.8 Å². The number of carboxylic acids is 1. The first kappa shape index (κ1) is 49.1. The number of hydrogen-bond donors (Lipinski definition) is 8. The van der Waals surface area contributed by atoms with Gasteiger partial charge in [0.2, 0.25) is 0 Å². The first-order valence-corrected chi connectivity index (χ1v) is 24.3. The number of esters is 1. The van der Waals surface area contributed by atoms with E-state index in [-0.39, 0.29) is 54.0 Å². The first-order valence-electron chi connectivity index (χ1n) is 24.3. The molecule has 0 aromatic rings. The predicted molar refractivity (Wildman–Crippen MR) is 224 cm³/mol. The number of carbonyl (C=O) groups is 2. The van der Waals surface area contributed by atoms with Crippen LogP contribution in [0.4, 0.5) is 0 Å². The highest BCUT2D eigenvalue weighted by atomic mass is 16.8. The molecule has 8 fully saturated rings. The normalized spacial score (nSPS) is 54.1. The molecule has 66 heavy (non-hydrogen) atoms. The largest absolute Gasteiger partial charge is 0.479 e. The summed E-state index contributed by atoms with van der Waals surface area (Å²) in [7, 11) is 0. The van der Waals surface area contributed by atoms with Crippen molar-refractivity contribution in [3.63, 3.8) is 0 Å².